The molecule has 1 aromatic carbocycles. The van der Waals surface area contributed by atoms with E-state index in [1.807, 2.05) is 42.2 Å². The lowest BCUT2D eigenvalue weighted by Gasteiger charge is -2.42. The van der Waals surface area contributed by atoms with Crippen molar-refractivity contribution in [2.75, 3.05) is 13.1 Å². The monoisotopic (exact) mass is 344 g/mol. The number of nitrogens with one attached hydrogen (secondary N) is 3. The van der Waals surface area contributed by atoms with E-state index >= 15 is 0 Å². The number of hydrogen-bond donors (Lipinski definition) is 4. The summed E-state index contributed by atoms with van der Waals surface area (Å²) in [4.78, 5) is 28.1. The summed E-state index contributed by atoms with van der Waals surface area (Å²) in [6, 6.07) is 10.2. The molecular formula is C18H24N4O3. The van der Waals surface area contributed by atoms with E-state index < -0.39 is 5.97 Å². The van der Waals surface area contributed by atoms with Crippen LogP contribution in [0.3, 0.4) is 0 Å². The number of rotatable bonds is 7. The number of aromatic amines is 1. The fourth-order valence-electron chi connectivity index (χ4n) is 3.32. The first kappa shape index (κ1) is 17.3. The molecule has 1 heterocycles. The summed E-state index contributed by atoms with van der Waals surface area (Å²) in [6.45, 7) is 3.16. The SMILES string of the molecule is CCN(CC(=O)O)C1CC(NC(=O)NCc2cc3ccccc3[nH]2)C1. The third kappa shape index (κ3) is 4.30. The molecule has 0 aliphatic heterocycles. The predicted octanol–water partition coefficient (Wildman–Crippen LogP) is 1.90. The van der Waals surface area contributed by atoms with Crippen LogP contribution in [0.25, 0.3) is 10.9 Å². The highest BCUT2D eigenvalue weighted by molar-refractivity contribution is 5.80. The van der Waals surface area contributed by atoms with Crippen LogP contribution in [0, 0.1) is 0 Å². The van der Waals surface area contributed by atoms with Gasteiger partial charge in [0.1, 0.15) is 0 Å². The molecule has 7 nitrogen and oxygen atoms in total. The average molecular weight is 344 g/mol. The third-order valence-electron chi connectivity index (χ3n) is 4.73. The van der Waals surface area contributed by atoms with E-state index in [2.05, 4.69) is 15.6 Å². The highest BCUT2D eigenvalue weighted by Crippen LogP contribution is 2.25. The Labute approximate surface area is 146 Å². The van der Waals surface area contributed by atoms with Crippen molar-refractivity contribution in [3.8, 4) is 0 Å². The van der Waals surface area contributed by atoms with Crippen molar-refractivity contribution in [1.82, 2.24) is 20.5 Å². The van der Waals surface area contributed by atoms with Crippen LogP contribution in [0.2, 0.25) is 0 Å². The maximum absolute atomic E-state index is 12.0. The van der Waals surface area contributed by atoms with Crippen molar-refractivity contribution in [1.29, 1.82) is 0 Å². The zero-order valence-corrected chi connectivity index (χ0v) is 14.3. The molecule has 2 amide bonds. The van der Waals surface area contributed by atoms with Crippen molar-refractivity contribution in [3.05, 3.63) is 36.0 Å². The van der Waals surface area contributed by atoms with Gasteiger partial charge in [-0.3, -0.25) is 9.69 Å². The van der Waals surface area contributed by atoms with Gasteiger partial charge in [-0.2, -0.15) is 0 Å². The minimum atomic E-state index is -0.811. The van der Waals surface area contributed by atoms with Gasteiger partial charge in [0.05, 0.1) is 13.1 Å². The molecule has 1 fully saturated rings. The summed E-state index contributed by atoms with van der Waals surface area (Å²) >= 11 is 0. The molecule has 25 heavy (non-hydrogen) atoms. The van der Waals surface area contributed by atoms with Crippen LogP contribution >= 0.6 is 0 Å². The van der Waals surface area contributed by atoms with Crippen LogP contribution < -0.4 is 10.6 Å². The number of fused-ring (bicyclic) bond motifs is 1. The van der Waals surface area contributed by atoms with Gasteiger partial charge in [0.15, 0.2) is 0 Å². The molecule has 3 rings (SSSR count). The number of likely N-dealkylation sites (N-methyl/N-ethyl adjacent to an activating group) is 1. The lowest BCUT2D eigenvalue weighted by atomic mass is 9.85. The van der Waals surface area contributed by atoms with Crippen LogP contribution in [0.15, 0.2) is 30.3 Å². The fraction of sp³-hybridized carbons (Fsp3) is 0.444. The predicted molar refractivity (Wildman–Crippen MR) is 95.4 cm³/mol. The van der Waals surface area contributed by atoms with Gasteiger partial charge in [-0.15, -0.1) is 0 Å². The van der Waals surface area contributed by atoms with Gasteiger partial charge in [0.25, 0.3) is 0 Å². The molecular weight excluding hydrogens is 320 g/mol. The molecule has 0 atom stereocenters. The van der Waals surface area contributed by atoms with E-state index in [0.29, 0.717) is 13.1 Å². The van der Waals surface area contributed by atoms with Crippen molar-refractivity contribution in [2.45, 2.75) is 38.4 Å². The van der Waals surface area contributed by atoms with Gasteiger partial charge in [-0.1, -0.05) is 25.1 Å². The van der Waals surface area contributed by atoms with Crippen molar-refractivity contribution < 1.29 is 14.7 Å². The summed E-state index contributed by atoms with van der Waals surface area (Å²) in [5.74, 6) is -0.811. The van der Waals surface area contributed by atoms with Crippen molar-refractivity contribution in [2.24, 2.45) is 0 Å². The van der Waals surface area contributed by atoms with Crippen molar-refractivity contribution >= 4 is 22.9 Å². The van der Waals surface area contributed by atoms with Crippen LogP contribution in [0.1, 0.15) is 25.5 Å². The molecule has 134 valence electrons. The summed E-state index contributed by atoms with van der Waals surface area (Å²) in [5.41, 5.74) is 2.01. The number of benzene rings is 1. The normalized spacial score (nSPS) is 19.6. The van der Waals surface area contributed by atoms with Gasteiger partial charge >= 0.3 is 12.0 Å². The Balaban J connectivity index is 1.41. The van der Waals surface area contributed by atoms with Crippen LogP contribution in [-0.2, 0) is 11.3 Å². The van der Waals surface area contributed by atoms with Crippen molar-refractivity contribution in [3.63, 3.8) is 0 Å². The zero-order valence-electron chi connectivity index (χ0n) is 14.3. The molecule has 0 unspecified atom stereocenters. The van der Waals surface area contributed by atoms with E-state index in [1.165, 1.54) is 0 Å². The van der Waals surface area contributed by atoms with E-state index in [-0.39, 0.29) is 24.7 Å². The first-order chi connectivity index (χ1) is 12.0. The first-order valence-electron chi connectivity index (χ1n) is 8.62. The number of aliphatic carboxylic acids is 1. The Morgan fingerprint density at radius 1 is 1.32 bits per heavy atom. The Morgan fingerprint density at radius 3 is 2.76 bits per heavy atom. The van der Waals surface area contributed by atoms with Gasteiger partial charge < -0.3 is 20.7 Å². The lowest BCUT2D eigenvalue weighted by Crippen LogP contribution is -2.56. The number of hydrogen-bond acceptors (Lipinski definition) is 3. The average Bonchev–Trinajstić information content (AvgIpc) is 2.96. The van der Waals surface area contributed by atoms with E-state index in [1.54, 1.807) is 0 Å². The molecule has 1 aliphatic carbocycles. The van der Waals surface area contributed by atoms with E-state index in [4.69, 9.17) is 5.11 Å². The number of carboxylic acids is 1. The van der Waals surface area contributed by atoms with E-state index in [9.17, 15) is 9.59 Å². The minimum absolute atomic E-state index is 0.0560. The van der Waals surface area contributed by atoms with E-state index in [0.717, 1.165) is 29.4 Å². The smallest absolute Gasteiger partial charge is 0.317 e. The number of carbonyl (C=O) groups excluding carboxylic acids is 1. The van der Waals surface area contributed by atoms with Crippen LogP contribution in [0.4, 0.5) is 4.79 Å². The number of aromatic nitrogens is 1. The fourth-order valence-corrected chi connectivity index (χ4v) is 3.32. The number of carboxylic acid groups (broad SMARTS) is 1. The first-order valence-corrected chi connectivity index (χ1v) is 8.62. The molecule has 1 aliphatic rings. The molecule has 0 bridgehead atoms. The number of nitrogens with zero attached hydrogens (tertiary/aromatic N) is 1. The van der Waals surface area contributed by atoms with Crippen LogP contribution in [0.5, 0.6) is 0 Å². The largest absolute Gasteiger partial charge is 0.480 e. The molecule has 7 heteroatoms. The number of H-pyrrole nitrogens is 1. The summed E-state index contributed by atoms with van der Waals surface area (Å²) in [6.07, 6.45) is 1.59. The van der Waals surface area contributed by atoms with Gasteiger partial charge in [0.2, 0.25) is 0 Å². The van der Waals surface area contributed by atoms with Gasteiger partial charge in [0, 0.05) is 23.3 Å². The Morgan fingerprint density at radius 2 is 2.08 bits per heavy atom. The summed E-state index contributed by atoms with van der Waals surface area (Å²) in [5, 5.41) is 15.8. The summed E-state index contributed by atoms with van der Waals surface area (Å²) in [7, 11) is 0. The zero-order chi connectivity index (χ0) is 17.8. The Hall–Kier alpha value is -2.54. The number of amides is 2. The Bertz CT molecular complexity index is 719. The number of urea groups is 1. The second kappa shape index (κ2) is 7.57. The molecule has 2 aromatic rings. The molecule has 4 N–H and O–H groups in total. The minimum Gasteiger partial charge on any atom is -0.480 e. The quantitative estimate of drug-likeness (QED) is 0.617. The molecule has 1 saturated carbocycles. The second-order valence-corrected chi connectivity index (χ2v) is 6.49. The van der Waals surface area contributed by atoms with Gasteiger partial charge in [-0.25, -0.2) is 4.79 Å². The maximum atomic E-state index is 12.0. The van der Waals surface area contributed by atoms with Gasteiger partial charge in [-0.05, 0) is 36.9 Å². The number of carbonyl (C=O) groups is 2. The second-order valence-electron chi connectivity index (χ2n) is 6.49. The molecule has 0 radical (unpaired) electrons. The number of para-hydroxylation sites is 1. The summed E-state index contributed by atoms with van der Waals surface area (Å²) < 4.78 is 0. The third-order valence-corrected chi connectivity index (χ3v) is 4.73. The topological polar surface area (TPSA) is 97.5 Å². The molecule has 0 spiro atoms. The highest BCUT2D eigenvalue weighted by atomic mass is 16.4. The molecule has 0 saturated heterocycles. The highest BCUT2D eigenvalue weighted by Gasteiger charge is 2.34. The maximum Gasteiger partial charge on any atom is 0.317 e. The standard InChI is InChI=1S/C18H24N4O3/c1-2-22(11-17(23)24)15-8-13(9-15)21-18(25)19-10-14-7-12-5-3-4-6-16(12)20-14/h3-7,13,15,20H,2,8-11H2,1H3,(H,23,24)(H2,19,21,25). The van der Waals surface area contributed by atoms with Crippen LogP contribution in [-0.4, -0.2) is 52.2 Å². The lowest BCUT2D eigenvalue weighted by molar-refractivity contribution is -0.139. The molecule has 1 aromatic heterocycles. The Kier molecular flexibility index (Phi) is 5.23.